The molecule has 0 heterocycles. The third-order valence-electron chi connectivity index (χ3n) is 10.1. The zero-order valence-electron chi connectivity index (χ0n) is 26.6. The molecular formula is C36H70O3S. The summed E-state index contributed by atoms with van der Waals surface area (Å²) in [5, 5.41) is 20.1. The fraction of sp³-hybridized carbons (Fsp3) is 1.00. The van der Waals surface area contributed by atoms with Crippen LogP contribution in [0.2, 0.25) is 0 Å². The van der Waals surface area contributed by atoms with Gasteiger partial charge >= 0.3 is 0 Å². The number of unbranched alkanes of at least 4 members (excludes halogenated alkanes) is 18. The molecule has 0 amide bonds. The molecule has 2 aliphatic rings. The number of rotatable bonds is 26. The van der Waals surface area contributed by atoms with E-state index in [2.05, 4.69) is 0 Å². The van der Waals surface area contributed by atoms with Crippen molar-refractivity contribution in [3.8, 4) is 0 Å². The van der Waals surface area contributed by atoms with E-state index in [1.807, 2.05) is 0 Å². The smallest absolute Gasteiger partial charge is 0.0568 e. The summed E-state index contributed by atoms with van der Waals surface area (Å²) in [4.78, 5) is 0. The maximum absolute atomic E-state index is 12.3. The van der Waals surface area contributed by atoms with Crippen molar-refractivity contribution in [3.63, 3.8) is 0 Å². The van der Waals surface area contributed by atoms with E-state index in [0.717, 1.165) is 37.2 Å². The van der Waals surface area contributed by atoms with Crippen LogP contribution in [0, 0.1) is 11.8 Å². The molecule has 2 rings (SSSR count). The van der Waals surface area contributed by atoms with Crippen LogP contribution in [-0.4, -0.2) is 38.1 Å². The van der Waals surface area contributed by atoms with Crippen LogP contribution in [0.25, 0.3) is 0 Å². The van der Waals surface area contributed by atoms with Crippen molar-refractivity contribution in [1.82, 2.24) is 0 Å². The summed E-state index contributed by atoms with van der Waals surface area (Å²) in [7, 11) is -0.588. The Labute approximate surface area is 252 Å². The van der Waals surface area contributed by atoms with Gasteiger partial charge in [-0.1, -0.05) is 141 Å². The largest absolute Gasteiger partial charge is 0.393 e. The zero-order valence-corrected chi connectivity index (χ0v) is 27.5. The number of hydrogen-bond donors (Lipinski definition) is 2. The predicted octanol–water partition coefficient (Wildman–Crippen LogP) is 10.4. The van der Waals surface area contributed by atoms with Crippen LogP contribution in [0.5, 0.6) is 0 Å². The first-order valence-corrected chi connectivity index (χ1v) is 19.9. The molecule has 238 valence electrons. The summed E-state index contributed by atoms with van der Waals surface area (Å²) in [6, 6.07) is 0. The lowest BCUT2D eigenvalue weighted by Gasteiger charge is -2.27. The fourth-order valence-electron chi connectivity index (χ4n) is 7.32. The molecule has 40 heavy (non-hydrogen) atoms. The molecule has 0 aromatic rings. The van der Waals surface area contributed by atoms with Crippen molar-refractivity contribution < 1.29 is 14.4 Å². The van der Waals surface area contributed by atoms with Gasteiger partial charge in [-0.25, -0.2) is 0 Å². The lowest BCUT2D eigenvalue weighted by Crippen LogP contribution is -2.24. The highest BCUT2D eigenvalue weighted by Crippen LogP contribution is 2.29. The average molecular weight is 583 g/mol. The minimum Gasteiger partial charge on any atom is -0.393 e. The van der Waals surface area contributed by atoms with Gasteiger partial charge in [0.15, 0.2) is 0 Å². The van der Waals surface area contributed by atoms with Crippen LogP contribution >= 0.6 is 0 Å². The molecule has 2 N–H and O–H groups in total. The van der Waals surface area contributed by atoms with Crippen LogP contribution < -0.4 is 0 Å². The number of aliphatic hydroxyl groups excluding tert-OH is 2. The molecule has 0 aromatic heterocycles. The fourth-order valence-corrected chi connectivity index (χ4v) is 8.58. The molecule has 0 aliphatic heterocycles. The quantitative estimate of drug-likeness (QED) is 0.0997. The van der Waals surface area contributed by atoms with Gasteiger partial charge in [0.1, 0.15) is 0 Å². The van der Waals surface area contributed by atoms with Gasteiger partial charge < -0.3 is 10.2 Å². The molecule has 0 spiro atoms. The molecule has 0 radical (unpaired) electrons. The molecule has 0 saturated heterocycles. The van der Waals surface area contributed by atoms with Crippen molar-refractivity contribution in [2.24, 2.45) is 11.8 Å². The molecule has 4 heteroatoms. The minimum atomic E-state index is -0.588. The molecule has 2 saturated carbocycles. The predicted molar refractivity (Wildman–Crippen MR) is 175 cm³/mol. The summed E-state index contributed by atoms with van der Waals surface area (Å²) in [5.74, 6) is 3.04. The van der Waals surface area contributed by atoms with Crippen LogP contribution in [-0.2, 0) is 10.8 Å². The molecule has 0 aromatic carbocycles. The van der Waals surface area contributed by atoms with E-state index < -0.39 is 10.8 Å². The van der Waals surface area contributed by atoms with Gasteiger partial charge in [-0.05, 0) is 63.2 Å². The SMILES string of the molecule is O=S(CCCCCCCCCCCCC1CCCCC1O)CCCCCCCCCCCCC1CCCCC1O. The van der Waals surface area contributed by atoms with Crippen molar-refractivity contribution in [2.45, 2.75) is 205 Å². The first-order valence-electron chi connectivity index (χ1n) is 18.4. The lowest BCUT2D eigenvalue weighted by atomic mass is 9.83. The van der Waals surface area contributed by atoms with Gasteiger partial charge in [0.2, 0.25) is 0 Å². The molecule has 4 atom stereocenters. The second-order valence-corrected chi connectivity index (χ2v) is 15.4. The molecular weight excluding hydrogens is 512 g/mol. The highest BCUT2D eigenvalue weighted by Gasteiger charge is 2.22. The molecule has 3 nitrogen and oxygen atoms in total. The number of hydrogen-bond acceptors (Lipinski definition) is 3. The maximum Gasteiger partial charge on any atom is 0.0568 e. The van der Waals surface area contributed by atoms with Crippen LogP contribution in [0.4, 0.5) is 0 Å². The zero-order chi connectivity index (χ0) is 28.5. The monoisotopic (exact) mass is 583 g/mol. The second-order valence-electron chi connectivity index (χ2n) is 13.7. The van der Waals surface area contributed by atoms with E-state index in [-0.39, 0.29) is 12.2 Å². The third-order valence-corrected chi connectivity index (χ3v) is 11.6. The summed E-state index contributed by atoms with van der Waals surface area (Å²) in [6.07, 6.45) is 38.7. The van der Waals surface area contributed by atoms with Gasteiger partial charge in [-0.15, -0.1) is 0 Å². The Hall–Kier alpha value is 0.0700. The Bertz CT molecular complexity index is 534. The second kappa shape index (κ2) is 25.6. The Morgan fingerprint density at radius 3 is 1.00 bits per heavy atom. The summed E-state index contributed by atoms with van der Waals surface area (Å²) in [6.45, 7) is 0. The van der Waals surface area contributed by atoms with Gasteiger partial charge in [-0.3, -0.25) is 4.21 Å². The van der Waals surface area contributed by atoms with Crippen molar-refractivity contribution in [1.29, 1.82) is 0 Å². The van der Waals surface area contributed by atoms with Gasteiger partial charge in [0.05, 0.1) is 12.2 Å². The third kappa shape index (κ3) is 19.3. The highest BCUT2D eigenvalue weighted by molar-refractivity contribution is 7.84. The standard InChI is InChI=1S/C36H70O3S/c37-35-29-21-19-27-33(35)25-17-13-9-5-1-3-7-11-15-23-31-40(39)32-24-16-12-8-4-2-6-10-14-18-26-34-28-20-22-30-36(34)38/h33-38H,1-32H2. The van der Waals surface area contributed by atoms with E-state index in [1.54, 1.807) is 0 Å². The highest BCUT2D eigenvalue weighted by atomic mass is 32.2. The molecule has 2 aliphatic carbocycles. The van der Waals surface area contributed by atoms with Crippen LogP contribution in [0.1, 0.15) is 193 Å². The minimum absolute atomic E-state index is 0.00904. The molecule has 4 unspecified atom stereocenters. The van der Waals surface area contributed by atoms with E-state index in [1.165, 1.54) is 167 Å². The summed E-state index contributed by atoms with van der Waals surface area (Å²) in [5.41, 5.74) is 0. The van der Waals surface area contributed by atoms with E-state index in [4.69, 9.17) is 0 Å². The topological polar surface area (TPSA) is 57.5 Å². The lowest BCUT2D eigenvalue weighted by molar-refractivity contribution is 0.0637. The van der Waals surface area contributed by atoms with Gasteiger partial charge in [-0.2, -0.15) is 0 Å². The van der Waals surface area contributed by atoms with Crippen molar-refractivity contribution in [2.75, 3.05) is 11.5 Å². The Balaban J connectivity index is 1.21. The van der Waals surface area contributed by atoms with E-state index >= 15 is 0 Å². The van der Waals surface area contributed by atoms with Crippen LogP contribution in [0.3, 0.4) is 0 Å². The summed E-state index contributed by atoms with van der Waals surface area (Å²) < 4.78 is 12.3. The van der Waals surface area contributed by atoms with Crippen molar-refractivity contribution >= 4 is 10.8 Å². The molecule has 0 bridgehead atoms. The normalized spacial score (nSPS) is 24.4. The summed E-state index contributed by atoms with van der Waals surface area (Å²) >= 11 is 0. The van der Waals surface area contributed by atoms with Crippen molar-refractivity contribution in [3.05, 3.63) is 0 Å². The number of aliphatic hydroxyl groups is 2. The van der Waals surface area contributed by atoms with Gasteiger partial charge in [0, 0.05) is 22.3 Å². The van der Waals surface area contributed by atoms with E-state index in [0.29, 0.717) is 11.8 Å². The van der Waals surface area contributed by atoms with Gasteiger partial charge in [0.25, 0.3) is 0 Å². The average Bonchev–Trinajstić information content (AvgIpc) is 2.96. The molecule has 2 fully saturated rings. The van der Waals surface area contributed by atoms with E-state index in [9.17, 15) is 14.4 Å². The first-order chi connectivity index (χ1) is 19.7. The Kier molecular flexibility index (Phi) is 23.2. The van der Waals surface area contributed by atoms with Crippen LogP contribution in [0.15, 0.2) is 0 Å². The Morgan fingerprint density at radius 2 is 0.675 bits per heavy atom. The first kappa shape index (κ1) is 36.3. The Morgan fingerprint density at radius 1 is 0.400 bits per heavy atom. The maximum atomic E-state index is 12.3.